The number of ether oxygens (including phenoxy) is 4. The molecule has 8 aromatic rings. The van der Waals surface area contributed by atoms with Crippen molar-refractivity contribution in [3.63, 3.8) is 0 Å². The smallest absolute Gasteiger partial charge is 0.345 e. The summed E-state index contributed by atoms with van der Waals surface area (Å²) in [5.41, 5.74) is 29.7. The van der Waals surface area contributed by atoms with Gasteiger partial charge in [0.25, 0.3) is 34.6 Å². The minimum absolute atomic E-state index is 0. The van der Waals surface area contributed by atoms with Crippen molar-refractivity contribution in [3.8, 4) is 11.5 Å². The highest BCUT2D eigenvalue weighted by atomic mass is 35.5. The number of fused-ring (bicyclic) bond motifs is 2. The first-order valence-electron chi connectivity index (χ1n) is 27.1. The van der Waals surface area contributed by atoms with Gasteiger partial charge in [-0.05, 0) is 52.0 Å². The second-order valence-electron chi connectivity index (χ2n) is 18.8. The van der Waals surface area contributed by atoms with Crippen molar-refractivity contribution < 1.29 is 90.2 Å². The molecule has 0 spiro atoms. The number of imidazole rings is 2. The average molecular weight is 1470 g/mol. The molecule has 0 radical (unpaired) electrons. The first kappa shape index (κ1) is 82.7. The van der Waals surface area contributed by atoms with Crippen LogP contribution in [0.1, 0.15) is 86.3 Å². The quantitative estimate of drug-likeness (QED) is 0.00686. The molecule has 96 heavy (non-hydrogen) atoms. The maximum atomic E-state index is 13.1. The fourth-order valence-corrected chi connectivity index (χ4v) is 10.5. The van der Waals surface area contributed by atoms with Crippen LogP contribution in [0, 0.1) is 28.9 Å². The van der Waals surface area contributed by atoms with Gasteiger partial charge in [-0.15, -0.1) is 69.3 Å². The zero-order valence-corrected chi connectivity index (χ0v) is 55.7. The number of hydrogen-bond acceptors (Lipinski definition) is 20. The van der Waals surface area contributed by atoms with Crippen molar-refractivity contribution in [2.24, 2.45) is 28.7 Å². The molecule has 32 nitrogen and oxygen atoms in total. The molecular weight excluding hydrogens is 1410 g/mol. The lowest BCUT2D eigenvalue weighted by atomic mass is 10.1. The number of primary amides is 4. The van der Waals surface area contributed by atoms with E-state index in [2.05, 4.69) is 45.6 Å². The summed E-state index contributed by atoms with van der Waals surface area (Å²) in [4.78, 5) is 105. The molecule has 0 aliphatic rings. The van der Waals surface area contributed by atoms with E-state index in [0.717, 1.165) is 39.7 Å². The maximum Gasteiger partial charge on any atom is 0.345 e. The van der Waals surface area contributed by atoms with E-state index in [1.807, 2.05) is 44.4 Å². The lowest BCUT2D eigenvalue weighted by molar-refractivity contribution is -0.748. The van der Waals surface area contributed by atoms with Crippen LogP contribution in [0.4, 0.5) is 46.5 Å². The predicted octanol–water partition coefficient (Wildman–Crippen LogP) is 5.22. The lowest BCUT2D eigenvalue weighted by Gasteiger charge is -2.13. The maximum absolute atomic E-state index is 13.1. The number of halogens is 8. The van der Waals surface area contributed by atoms with E-state index >= 15 is 0 Å². The molecule has 6 amide bonds. The molecule has 0 saturated carbocycles. The van der Waals surface area contributed by atoms with Gasteiger partial charge in [0.1, 0.15) is 45.4 Å². The number of anilines is 3. The summed E-state index contributed by atoms with van der Waals surface area (Å²) in [7, 11) is 0. The monoisotopic (exact) mass is 1470 g/mol. The van der Waals surface area contributed by atoms with Gasteiger partial charge in [0.05, 0.1) is 39.3 Å². The molecule has 522 valence electrons. The van der Waals surface area contributed by atoms with Crippen LogP contribution in [0.2, 0.25) is 5.02 Å². The molecule has 17 N–H and O–H groups in total. The van der Waals surface area contributed by atoms with E-state index in [4.69, 9.17) is 49.7 Å². The van der Waals surface area contributed by atoms with E-state index in [-0.39, 0.29) is 126 Å². The number of nitro groups is 1. The number of benzene rings is 2. The number of nitrogens with zero attached hydrogens (tertiary/aromatic N) is 7. The molecule has 0 fully saturated rings. The number of aromatic nitrogens is 8. The molecule has 42 heteroatoms. The Labute approximate surface area is 572 Å². The summed E-state index contributed by atoms with van der Waals surface area (Å²) in [5, 5.41) is 27.0. The number of allylic oxidation sites excluding steroid dienone is 2. The number of hydrogen-bond donors (Lipinski definition) is 11. The zero-order chi connectivity index (χ0) is 67.5. The summed E-state index contributed by atoms with van der Waals surface area (Å²) in [5.74, 6) is -3.05. The fraction of sp³-hybridized carbons (Fsp3) is 0.296. The van der Waals surface area contributed by atoms with Crippen molar-refractivity contribution in [1.29, 1.82) is 0 Å². The lowest BCUT2D eigenvalue weighted by Crippen LogP contribution is -2.56. The highest BCUT2D eigenvalue weighted by Crippen LogP contribution is 2.36. The molecule has 0 saturated heterocycles. The van der Waals surface area contributed by atoms with Crippen molar-refractivity contribution >= 4 is 157 Å². The molecule has 0 unspecified atom stereocenters. The minimum Gasteiger partial charge on any atom is -0.870 e. The second kappa shape index (κ2) is 38.9. The van der Waals surface area contributed by atoms with Crippen LogP contribution in [-0.4, -0.2) is 128 Å². The Hall–Kier alpha value is -9.38. The Balaban J connectivity index is 0.000000525. The number of nitrogens with two attached hydrogens (primary N) is 5. The number of aromatic amines is 2. The van der Waals surface area contributed by atoms with Gasteiger partial charge in [-0.1, -0.05) is 35.9 Å². The Morgan fingerprint density at radius 2 is 1.12 bits per heavy atom. The van der Waals surface area contributed by atoms with Gasteiger partial charge in [0.2, 0.25) is 23.7 Å². The number of carbonyl (C=O) groups excluding carboxylic acids is 6. The van der Waals surface area contributed by atoms with E-state index in [0.29, 0.717) is 69.1 Å². The molecule has 0 aliphatic heterocycles. The third-order valence-electron chi connectivity index (χ3n) is 12.4. The van der Waals surface area contributed by atoms with Crippen LogP contribution in [-0.2, 0) is 35.7 Å². The normalized spacial score (nSPS) is 10.8. The van der Waals surface area contributed by atoms with Gasteiger partial charge >= 0.3 is 25.0 Å². The second-order valence-corrected chi connectivity index (χ2v) is 21.2. The molecule has 0 aliphatic carbocycles. The number of alkyl halides is 4. The van der Waals surface area contributed by atoms with E-state index < -0.39 is 60.7 Å². The van der Waals surface area contributed by atoms with Crippen LogP contribution in [0.25, 0.3) is 20.7 Å². The summed E-state index contributed by atoms with van der Waals surface area (Å²) >= 11 is 8.09. The van der Waals surface area contributed by atoms with Gasteiger partial charge in [0, 0.05) is 71.7 Å². The van der Waals surface area contributed by atoms with E-state index in [1.165, 1.54) is 23.5 Å². The van der Waals surface area contributed by atoms with Crippen LogP contribution >= 0.6 is 71.5 Å². The highest BCUT2D eigenvalue weighted by molar-refractivity contribution is 7.20. The standard InChI is InChI=1S/C27H29F2N9O6S.C17H21N7O2S.C10H9ClF2N2O5.3ClH.H2O/c1-3-38-18(10-14(2)35-38)24(41)34-27-33-17-13-20(23(31)40)45-25(17)37(27)7-5-4-6-32-21-16(36-42)11-15(22(30)39)12-19(21)43-8-9-44-26(28)29;1-3-24-12(8-10(2)22-24)15(26)21-17-20-11-9-13(14(19)25)27-16(11)23(17)7-5-4-6-18;11-8-6(15(17)18)3-5(9(14)16)4-7(8)19-1-2-20-10(12)13;;;;/h4-5,10-13,26H,3,6-9H2,1-2H3,(H6,30,31,32,33,34,39,40,41,42);4-5,8-9H,3,6-7,18H2,1-2H3,(H3,19,20,21,25,26);3-4,10H,1-2H2,(H2,14,16);3*1H;1H2/p+2/b2*5-4+;;;;;. The Morgan fingerprint density at radius 1 is 0.688 bits per heavy atom. The number of nitroso groups, excluding NO2 is 1. The van der Waals surface area contributed by atoms with Gasteiger partial charge < -0.3 is 58.4 Å². The van der Waals surface area contributed by atoms with Crippen molar-refractivity contribution in [2.45, 2.75) is 67.1 Å². The first-order chi connectivity index (χ1) is 43.8. The van der Waals surface area contributed by atoms with Crippen LogP contribution in [0.5, 0.6) is 11.5 Å². The van der Waals surface area contributed by atoms with Gasteiger partial charge in [0.15, 0.2) is 23.8 Å². The van der Waals surface area contributed by atoms with Crippen LogP contribution in [0.15, 0.2) is 72.8 Å². The molecule has 8 rings (SSSR count). The largest absolute Gasteiger partial charge is 0.870 e. The number of carbonyl (C=O) groups is 6. The van der Waals surface area contributed by atoms with Crippen LogP contribution in [0.3, 0.4) is 0 Å². The number of H-pyrrole nitrogens is 2. The summed E-state index contributed by atoms with van der Waals surface area (Å²) in [6, 6.07) is 11.2. The number of aryl methyl sites for hydroxylation is 4. The number of rotatable bonds is 30. The van der Waals surface area contributed by atoms with Gasteiger partial charge in [-0.25, -0.2) is 9.97 Å². The Morgan fingerprint density at radius 3 is 1.53 bits per heavy atom. The van der Waals surface area contributed by atoms with Crippen molar-refractivity contribution in [1.82, 2.24) is 29.3 Å². The first-order valence-corrected chi connectivity index (χ1v) is 29.1. The van der Waals surface area contributed by atoms with Crippen molar-refractivity contribution in [3.05, 3.63) is 137 Å². The number of nitro benzene ring substituents is 1. The molecule has 2 aromatic carbocycles. The minimum atomic E-state index is -2.99. The number of thiophene rings is 2. The average Bonchev–Trinajstić information content (AvgIpc) is 1.60. The van der Waals surface area contributed by atoms with Crippen molar-refractivity contribution in [2.75, 3.05) is 55.5 Å². The van der Waals surface area contributed by atoms with Gasteiger partial charge in [-0.3, -0.25) is 58.6 Å². The summed E-state index contributed by atoms with van der Waals surface area (Å²) in [6.07, 6.45) is 7.16. The third-order valence-corrected chi connectivity index (χ3v) is 15.1. The Bertz CT molecular complexity index is 4100. The summed E-state index contributed by atoms with van der Waals surface area (Å²) < 4.78 is 73.7. The Kier molecular flexibility index (Phi) is 33.5. The zero-order valence-electron chi connectivity index (χ0n) is 50.9. The van der Waals surface area contributed by atoms with E-state index in [9.17, 15) is 61.4 Å². The van der Waals surface area contributed by atoms with Gasteiger partial charge in [-0.2, -0.15) is 27.8 Å². The fourth-order valence-electron chi connectivity index (χ4n) is 8.36. The molecule has 6 heterocycles. The third kappa shape index (κ3) is 22.1. The predicted molar refractivity (Wildman–Crippen MR) is 351 cm³/mol. The SMILES string of the molecule is CC[n+]1[nH]c(C)cc1C(=O)Nc1nc2cc(C(N)=O)sc2n1C/C=C/CN.CC[n+]1[nH]c(C)cc1C(=O)Nc1nc2cc(C(N)=O)sc2n1C/C=C/CNc1c([NH+]=O)cc(C(N)=O)cc1OCCOC(F)F.Cl.Cl.Cl.NC(=O)c1cc(OCCOC(F)F)c(Cl)c([N+](=O)[O-])c1.[OH-]. The molecule has 6 aromatic heterocycles. The topological polar surface area (TPSA) is 485 Å². The summed E-state index contributed by atoms with van der Waals surface area (Å²) in [6.45, 7) is 2.52. The highest BCUT2D eigenvalue weighted by Gasteiger charge is 2.28. The van der Waals surface area contributed by atoms with Crippen LogP contribution < -0.4 is 68.6 Å². The molecular formula is C54H66Cl4F4N18O14S2+2. The molecule has 0 bridgehead atoms. The van der Waals surface area contributed by atoms with E-state index in [1.54, 1.807) is 55.5 Å². The number of nitrogens with one attached hydrogen (secondary N) is 6. The number of amides is 6. The molecule has 0 atom stereocenters.